The van der Waals surface area contributed by atoms with Gasteiger partial charge in [-0.05, 0) is 24.6 Å². The highest BCUT2D eigenvalue weighted by molar-refractivity contribution is 6.34. The Labute approximate surface area is 109 Å². The average Bonchev–Trinajstić information content (AvgIpc) is 2.32. The Hall–Kier alpha value is -2.06. The normalized spacial score (nSPS) is 9.44. The Balaban J connectivity index is 3.04. The quantitative estimate of drug-likeness (QED) is 0.851. The Morgan fingerprint density at radius 2 is 2.17 bits per heavy atom. The zero-order chi connectivity index (χ0) is 13.7. The lowest BCUT2D eigenvalue weighted by atomic mass is 10.1. The summed E-state index contributed by atoms with van der Waals surface area (Å²) in [5.41, 5.74) is 1.36. The van der Waals surface area contributed by atoms with Crippen molar-refractivity contribution in [3.63, 3.8) is 0 Å². The van der Waals surface area contributed by atoms with Crippen LogP contribution in [0.1, 0.15) is 22.3 Å². The molecule has 1 rings (SSSR count). The SMILES string of the molecule is COC(=O)c1cc(C)c(NC(=O)CC#N)cc1Cl. The molecule has 0 unspecified atom stereocenters. The molecule has 0 atom stereocenters. The van der Waals surface area contributed by atoms with E-state index in [2.05, 4.69) is 10.1 Å². The fourth-order valence-electron chi connectivity index (χ4n) is 1.35. The molecule has 0 aliphatic heterocycles. The molecular weight excluding hydrogens is 256 g/mol. The van der Waals surface area contributed by atoms with Crippen molar-refractivity contribution in [2.45, 2.75) is 13.3 Å². The molecule has 1 aromatic carbocycles. The number of ether oxygens (including phenoxy) is 1. The van der Waals surface area contributed by atoms with Crippen molar-refractivity contribution < 1.29 is 14.3 Å². The standard InChI is InChI=1S/C12H11ClN2O3/c1-7-5-8(12(17)18-2)9(13)6-10(7)15-11(16)3-4-14/h5-6H,3H2,1-2H3,(H,15,16). The van der Waals surface area contributed by atoms with E-state index >= 15 is 0 Å². The number of nitriles is 1. The number of rotatable bonds is 3. The van der Waals surface area contributed by atoms with E-state index in [0.717, 1.165) is 0 Å². The summed E-state index contributed by atoms with van der Waals surface area (Å²) in [5, 5.41) is 11.1. The summed E-state index contributed by atoms with van der Waals surface area (Å²) in [4.78, 5) is 22.7. The van der Waals surface area contributed by atoms with Gasteiger partial charge >= 0.3 is 5.97 Å². The molecule has 1 N–H and O–H groups in total. The minimum atomic E-state index is -0.544. The second-order valence-corrected chi connectivity index (χ2v) is 3.93. The number of nitrogens with zero attached hydrogens (tertiary/aromatic N) is 1. The monoisotopic (exact) mass is 266 g/mol. The van der Waals surface area contributed by atoms with Crippen LogP contribution < -0.4 is 5.32 Å². The van der Waals surface area contributed by atoms with Gasteiger partial charge in [-0.2, -0.15) is 5.26 Å². The number of methoxy groups -OCH3 is 1. The predicted molar refractivity (Wildman–Crippen MR) is 66.4 cm³/mol. The maximum atomic E-state index is 11.4. The van der Waals surface area contributed by atoms with Crippen LogP contribution in [0.2, 0.25) is 5.02 Å². The third-order valence-electron chi connectivity index (χ3n) is 2.23. The summed E-state index contributed by atoms with van der Waals surface area (Å²) in [5.74, 6) is -0.972. The van der Waals surface area contributed by atoms with Crippen molar-refractivity contribution in [2.24, 2.45) is 0 Å². The van der Waals surface area contributed by atoms with Crippen molar-refractivity contribution in [1.82, 2.24) is 0 Å². The molecule has 1 aromatic rings. The van der Waals surface area contributed by atoms with Crippen molar-refractivity contribution >= 4 is 29.2 Å². The Morgan fingerprint density at radius 1 is 1.50 bits per heavy atom. The van der Waals surface area contributed by atoms with E-state index in [-0.39, 0.29) is 17.0 Å². The van der Waals surface area contributed by atoms with Crippen LogP contribution in [0.15, 0.2) is 12.1 Å². The number of nitrogens with one attached hydrogen (secondary N) is 1. The van der Waals surface area contributed by atoms with Gasteiger partial charge in [-0.15, -0.1) is 0 Å². The number of esters is 1. The van der Waals surface area contributed by atoms with E-state index in [1.807, 2.05) is 0 Å². The summed E-state index contributed by atoms with van der Waals surface area (Å²) in [6.07, 6.45) is -0.240. The molecule has 0 bridgehead atoms. The van der Waals surface area contributed by atoms with E-state index in [9.17, 15) is 9.59 Å². The highest BCUT2D eigenvalue weighted by Crippen LogP contribution is 2.25. The molecule has 0 aromatic heterocycles. The van der Waals surface area contributed by atoms with Crippen molar-refractivity contribution in [3.05, 3.63) is 28.3 Å². The summed E-state index contributed by atoms with van der Waals surface area (Å²) >= 11 is 5.92. The molecule has 0 aliphatic carbocycles. The summed E-state index contributed by atoms with van der Waals surface area (Å²) in [6, 6.07) is 4.72. The zero-order valence-corrected chi connectivity index (χ0v) is 10.7. The van der Waals surface area contributed by atoms with Crippen LogP contribution >= 0.6 is 11.6 Å². The van der Waals surface area contributed by atoms with E-state index in [0.29, 0.717) is 11.3 Å². The molecule has 0 heterocycles. The fraction of sp³-hybridized carbons (Fsp3) is 0.250. The molecule has 1 amide bonds. The number of anilines is 1. The van der Waals surface area contributed by atoms with Crippen LogP contribution in [-0.2, 0) is 9.53 Å². The molecular formula is C12H11ClN2O3. The number of hydrogen-bond donors (Lipinski definition) is 1. The summed E-state index contributed by atoms with van der Waals surface area (Å²) in [6.45, 7) is 1.71. The summed E-state index contributed by atoms with van der Waals surface area (Å²) in [7, 11) is 1.26. The number of halogens is 1. The predicted octanol–water partition coefficient (Wildman–Crippen LogP) is 2.29. The van der Waals surface area contributed by atoms with Gasteiger partial charge in [0.15, 0.2) is 0 Å². The first-order chi connectivity index (χ1) is 8.49. The Kier molecular flexibility index (Phi) is 4.69. The van der Waals surface area contributed by atoms with Crippen molar-refractivity contribution in [3.8, 4) is 6.07 Å². The molecule has 0 aliphatic rings. The van der Waals surface area contributed by atoms with Crippen LogP contribution in [0.25, 0.3) is 0 Å². The van der Waals surface area contributed by atoms with Gasteiger partial charge in [0.2, 0.25) is 5.91 Å². The minimum absolute atomic E-state index is 0.180. The second-order valence-electron chi connectivity index (χ2n) is 3.52. The molecule has 0 saturated carbocycles. The molecule has 0 saturated heterocycles. The molecule has 0 radical (unpaired) electrons. The average molecular weight is 267 g/mol. The van der Waals surface area contributed by atoms with Crippen LogP contribution in [0.3, 0.4) is 0 Å². The smallest absolute Gasteiger partial charge is 0.339 e. The van der Waals surface area contributed by atoms with Gasteiger partial charge in [-0.1, -0.05) is 11.6 Å². The lowest BCUT2D eigenvalue weighted by Gasteiger charge is -2.10. The van der Waals surface area contributed by atoms with E-state index < -0.39 is 11.9 Å². The minimum Gasteiger partial charge on any atom is -0.465 e. The van der Waals surface area contributed by atoms with Gasteiger partial charge in [0.05, 0.1) is 23.8 Å². The maximum absolute atomic E-state index is 11.4. The third-order valence-corrected chi connectivity index (χ3v) is 2.55. The highest BCUT2D eigenvalue weighted by Gasteiger charge is 2.14. The first kappa shape index (κ1) is 14.0. The second kappa shape index (κ2) is 6.03. The van der Waals surface area contributed by atoms with E-state index in [1.165, 1.54) is 19.2 Å². The van der Waals surface area contributed by atoms with Gasteiger partial charge in [0, 0.05) is 5.69 Å². The molecule has 6 heteroatoms. The number of benzene rings is 1. The van der Waals surface area contributed by atoms with E-state index in [4.69, 9.17) is 16.9 Å². The van der Waals surface area contributed by atoms with Crippen LogP contribution in [0, 0.1) is 18.3 Å². The zero-order valence-electron chi connectivity index (χ0n) is 9.91. The Morgan fingerprint density at radius 3 is 2.72 bits per heavy atom. The van der Waals surface area contributed by atoms with Crippen LogP contribution in [0.5, 0.6) is 0 Å². The number of carbonyl (C=O) groups excluding carboxylic acids is 2. The van der Waals surface area contributed by atoms with Crippen molar-refractivity contribution in [1.29, 1.82) is 5.26 Å². The molecule has 0 fully saturated rings. The van der Waals surface area contributed by atoms with Gasteiger partial charge in [0.25, 0.3) is 0 Å². The molecule has 5 nitrogen and oxygen atoms in total. The molecule has 94 valence electrons. The lowest BCUT2D eigenvalue weighted by molar-refractivity contribution is -0.115. The lowest BCUT2D eigenvalue weighted by Crippen LogP contribution is -2.12. The van der Waals surface area contributed by atoms with Gasteiger partial charge < -0.3 is 10.1 Å². The maximum Gasteiger partial charge on any atom is 0.339 e. The first-order valence-electron chi connectivity index (χ1n) is 5.05. The first-order valence-corrected chi connectivity index (χ1v) is 5.42. The number of aryl methyl sites for hydroxylation is 1. The van der Waals surface area contributed by atoms with Gasteiger partial charge in [0.1, 0.15) is 6.42 Å². The largest absolute Gasteiger partial charge is 0.465 e. The van der Waals surface area contributed by atoms with Crippen molar-refractivity contribution in [2.75, 3.05) is 12.4 Å². The number of hydrogen-bond acceptors (Lipinski definition) is 4. The van der Waals surface area contributed by atoms with Crippen LogP contribution in [-0.4, -0.2) is 19.0 Å². The molecule has 0 spiro atoms. The highest BCUT2D eigenvalue weighted by atomic mass is 35.5. The number of amides is 1. The molecule has 18 heavy (non-hydrogen) atoms. The fourth-order valence-corrected chi connectivity index (χ4v) is 1.59. The van der Waals surface area contributed by atoms with E-state index in [1.54, 1.807) is 13.0 Å². The topological polar surface area (TPSA) is 79.2 Å². The van der Waals surface area contributed by atoms with Crippen LogP contribution in [0.4, 0.5) is 5.69 Å². The third kappa shape index (κ3) is 3.22. The summed E-state index contributed by atoms with van der Waals surface area (Å²) < 4.78 is 4.58. The van der Waals surface area contributed by atoms with Gasteiger partial charge in [-0.3, -0.25) is 4.79 Å². The number of carbonyl (C=O) groups is 2. The Bertz CT molecular complexity index is 535. The van der Waals surface area contributed by atoms with Gasteiger partial charge in [-0.25, -0.2) is 4.79 Å².